The van der Waals surface area contributed by atoms with E-state index >= 15 is 0 Å². The zero-order chi connectivity index (χ0) is 14.3. The molecule has 0 amide bonds. The third kappa shape index (κ3) is 4.84. The summed E-state index contributed by atoms with van der Waals surface area (Å²) >= 11 is 7.02. The topological polar surface area (TPSA) is 29.5 Å². The molecule has 0 saturated carbocycles. The molecule has 1 aromatic rings. The Bertz CT molecular complexity index is 428. The third-order valence-electron chi connectivity index (χ3n) is 2.76. The van der Waals surface area contributed by atoms with Gasteiger partial charge in [0.2, 0.25) is 0 Å². The van der Waals surface area contributed by atoms with Gasteiger partial charge in [-0.2, -0.15) is 0 Å². The summed E-state index contributed by atoms with van der Waals surface area (Å²) in [6, 6.07) is 7.43. The van der Waals surface area contributed by atoms with Crippen LogP contribution in [0.25, 0.3) is 0 Å². The maximum Gasteiger partial charge on any atom is 0.337 e. The van der Waals surface area contributed by atoms with Crippen LogP contribution in [0.15, 0.2) is 24.3 Å². The molecule has 0 aliphatic carbocycles. The van der Waals surface area contributed by atoms with Crippen molar-refractivity contribution in [3.8, 4) is 0 Å². The van der Waals surface area contributed by atoms with Gasteiger partial charge in [0.25, 0.3) is 0 Å². The van der Waals surface area contributed by atoms with Crippen LogP contribution in [0.3, 0.4) is 0 Å². The van der Waals surface area contributed by atoms with Crippen LogP contribution in [0.1, 0.15) is 29.8 Å². The Morgan fingerprint density at radius 2 is 1.84 bits per heavy atom. The fourth-order valence-electron chi connectivity index (χ4n) is 1.57. The third-order valence-corrected chi connectivity index (χ3v) is 4.35. The summed E-state index contributed by atoms with van der Waals surface area (Å²) in [6.45, 7) is 6.07. The van der Waals surface area contributed by atoms with E-state index in [0.717, 1.165) is 28.7 Å². The molecule has 5 heteroatoms. The number of hydrogen-bond donors (Lipinski definition) is 0. The van der Waals surface area contributed by atoms with Crippen LogP contribution < -0.4 is 0 Å². The minimum Gasteiger partial charge on any atom is -0.465 e. The maximum absolute atomic E-state index is 11.3. The van der Waals surface area contributed by atoms with Crippen LogP contribution in [-0.2, 0) is 10.5 Å². The second kappa shape index (κ2) is 8.17. The quantitative estimate of drug-likeness (QED) is 0.614. The van der Waals surface area contributed by atoms with Crippen LogP contribution in [0, 0.1) is 0 Å². The summed E-state index contributed by atoms with van der Waals surface area (Å²) in [5.41, 5.74) is 1.72. The normalized spacial score (nSPS) is 10.1. The summed E-state index contributed by atoms with van der Waals surface area (Å²) in [4.78, 5) is 13.5. The molecule has 0 unspecified atom stereocenters. The lowest BCUT2D eigenvalue weighted by atomic mass is 10.1. The molecule has 0 heterocycles. The molecule has 0 bridgehead atoms. The molecule has 19 heavy (non-hydrogen) atoms. The first-order valence-corrected chi connectivity index (χ1v) is 7.60. The van der Waals surface area contributed by atoms with Gasteiger partial charge in [-0.15, -0.1) is 0 Å². The minimum atomic E-state index is -0.308. The number of hydrogen-bond acceptors (Lipinski definition) is 4. The van der Waals surface area contributed by atoms with Crippen LogP contribution in [0.5, 0.6) is 0 Å². The lowest BCUT2D eigenvalue weighted by Crippen LogP contribution is -2.26. The van der Waals surface area contributed by atoms with Crippen molar-refractivity contribution in [1.29, 1.82) is 0 Å². The molecule has 0 radical (unpaired) electrons. The lowest BCUT2D eigenvalue weighted by molar-refractivity contribution is 0.0600. The van der Waals surface area contributed by atoms with Gasteiger partial charge in [-0.05, 0) is 31.5 Å². The highest BCUT2D eigenvalue weighted by molar-refractivity contribution is 8.22. The van der Waals surface area contributed by atoms with E-state index in [9.17, 15) is 4.79 Å². The molecular formula is C14H19NO2S2. The molecule has 1 aromatic carbocycles. The van der Waals surface area contributed by atoms with Crippen molar-refractivity contribution >= 4 is 34.3 Å². The van der Waals surface area contributed by atoms with Crippen molar-refractivity contribution < 1.29 is 9.53 Å². The van der Waals surface area contributed by atoms with Gasteiger partial charge in [-0.3, -0.25) is 0 Å². The van der Waals surface area contributed by atoms with Crippen molar-refractivity contribution in [2.24, 2.45) is 0 Å². The van der Waals surface area contributed by atoms with Crippen molar-refractivity contribution in [3.63, 3.8) is 0 Å². The van der Waals surface area contributed by atoms with E-state index in [1.54, 1.807) is 23.9 Å². The predicted octanol–water partition coefficient (Wildman–Crippen LogP) is 3.33. The van der Waals surface area contributed by atoms with Gasteiger partial charge in [-0.25, -0.2) is 4.79 Å². The van der Waals surface area contributed by atoms with Crippen LogP contribution in [0.2, 0.25) is 0 Å². The maximum atomic E-state index is 11.3. The summed E-state index contributed by atoms with van der Waals surface area (Å²) in [5.74, 6) is 0.509. The van der Waals surface area contributed by atoms with E-state index in [1.165, 1.54) is 7.11 Å². The summed E-state index contributed by atoms with van der Waals surface area (Å²) in [6.07, 6.45) is 0. The number of nitrogens with zero attached hydrogens (tertiary/aromatic N) is 1. The minimum absolute atomic E-state index is 0.308. The van der Waals surface area contributed by atoms with E-state index in [-0.39, 0.29) is 5.97 Å². The fraction of sp³-hybridized carbons (Fsp3) is 0.429. The van der Waals surface area contributed by atoms with E-state index in [1.807, 2.05) is 12.1 Å². The van der Waals surface area contributed by atoms with E-state index in [0.29, 0.717) is 5.56 Å². The average Bonchev–Trinajstić information content (AvgIpc) is 2.46. The van der Waals surface area contributed by atoms with Gasteiger partial charge in [0.05, 0.1) is 12.7 Å². The SMILES string of the molecule is CCN(CC)C(=S)SCc1ccc(C(=O)OC)cc1. The average molecular weight is 297 g/mol. The Labute approximate surface area is 124 Å². The monoisotopic (exact) mass is 297 g/mol. The smallest absolute Gasteiger partial charge is 0.337 e. The molecule has 0 atom stereocenters. The summed E-state index contributed by atoms with van der Waals surface area (Å²) in [7, 11) is 1.38. The van der Waals surface area contributed by atoms with Crippen LogP contribution >= 0.6 is 24.0 Å². The molecular weight excluding hydrogens is 278 g/mol. The van der Waals surface area contributed by atoms with Gasteiger partial charge in [0, 0.05) is 18.8 Å². The van der Waals surface area contributed by atoms with Gasteiger partial charge in [-0.1, -0.05) is 36.1 Å². The Balaban J connectivity index is 2.54. The second-order valence-corrected chi connectivity index (χ2v) is 5.52. The molecule has 0 aliphatic heterocycles. The number of methoxy groups -OCH3 is 1. The standard InChI is InChI=1S/C14H19NO2S2/c1-4-15(5-2)14(18)19-10-11-6-8-12(9-7-11)13(16)17-3/h6-9H,4-5,10H2,1-3H3. The van der Waals surface area contributed by atoms with Crippen LogP contribution in [-0.4, -0.2) is 35.4 Å². The molecule has 0 spiro atoms. The number of rotatable bonds is 5. The van der Waals surface area contributed by atoms with Gasteiger partial charge >= 0.3 is 5.97 Å². The number of ether oxygens (including phenoxy) is 1. The zero-order valence-electron chi connectivity index (χ0n) is 11.5. The highest BCUT2D eigenvalue weighted by Gasteiger charge is 2.07. The molecule has 0 N–H and O–H groups in total. The lowest BCUT2D eigenvalue weighted by Gasteiger charge is -2.20. The van der Waals surface area contributed by atoms with Crippen molar-refractivity contribution in [2.45, 2.75) is 19.6 Å². The fourth-order valence-corrected chi connectivity index (χ4v) is 2.93. The number of thioether (sulfide) groups is 1. The van der Waals surface area contributed by atoms with Gasteiger partial charge in [0.1, 0.15) is 4.32 Å². The Morgan fingerprint density at radius 1 is 1.26 bits per heavy atom. The molecule has 0 fully saturated rings. The van der Waals surface area contributed by atoms with Gasteiger partial charge in [0.15, 0.2) is 0 Å². The first kappa shape index (κ1) is 16.0. The number of thiocarbonyl (C=S) groups is 1. The number of benzene rings is 1. The van der Waals surface area contributed by atoms with Crippen molar-refractivity contribution in [1.82, 2.24) is 4.90 Å². The molecule has 3 nitrogen and oxygen atoms in total. The van der Waals surface area contributed by atoms with Crippen molar-refractivity contribution in [2.75, 3.05) is 20.2 Å². The van der Waals surface area contributed by atoms with E-state index in [2.05, 4.69) is 23.5 Å². The highest BCUT2D eigenvalue weighted by atomic mass is 32.2. The first-order chi connectivity index (χ1) is 9.12. The molecule has 0 aliphatic rings. The first-order valence-electron chi connectivity index (χ1n) is 6.21. The predicted molar refractivity (Wildman–Crippen MR) is 84.6 cm³/mol. The van der Waals surface area contributed by atoms with E-state index in [4.69, 9.17) is 12.2 Å². The largest absolute Gasteiger partial charge is 0.465 e. The summed E-state index contributed by atoms with van der Waals surface area (Å²) in [5, 5.41) is 0. The number of carbonyl (C=O) groups is 1. The van der Waals surface area contributed by atoms with Crippen LogP contribution in [0.4, 0.5) is 0 Å². The molecule has 0 aromatic heterocycles. The van der Waals surface area contributed by atoms with Gasteiger partial charge < -0.3 is 9.64 Å². The second-order valence-electron chi connectivity index (χ2n) is 3.92. The number of carbonyl (C=O) groups excluding carboxylic acids is 1. The highest BCUT2D eigenvalue weighted by Crippen LogP contribution is 2.17. The Morgan fingerprint density at radius 3 is 2.32 bits per heavy atom. The summed E-state index contributed by atoms with van der Waals surface area (Å²) < 4.78 is 5.58. The molecule has 0 saturated heterocycles. The van der Waals surface area contributed by atoms with E-state index < -0.39 is 0 Å². The zero-order valence-corrected chi connectivity index (χ0v) is 13.1. The molecule has 1 rings (SSSR count). The number of esters is 1. The Hall–Kier alpha value is -1.07. The molecule has 104 valence electrons. The van der Waals surface area contributed by atoms with Crippen molar-refractivity contribution in [3.05, 3.63) is 35.4 Å². The Kier molecular flexibility index (Phi) is 6.87.